The van der Waals surface area contributed by atoms with E-state index in [1.807, 2.05) is 18.7 Å². The van der Waals surface area contributed by atoms with Crippen molar-refractivity contribution >= 4 is 5.91 Å². The quantitative estimate of drug-likeness (QED) is 0.871. The van der Waals surface area contributed by atoms with Gasteiger partial charge in [-0.05, 0) is 51.9 Å². The van der Waals surface area contributed by atoms with Crippen LogP contribution in [0.5, 0.6) is 0 Å². The number of hydrogen-bond acceptors (Lipinski definition) is 3. The van der Waals surface area contributed by atoms with E-state index >= 15 is 0 Å². The molecule has 2 aliphatic rings. The third-order valence-corrected chi connectivity index (χ3v) is 5.19. The molecule has 0 aromatic carbocycles. The minimum Gasteiger partial charge on any atom is -0.390 e. The maximum atomic E-state index is 11.3. The highest BCUT2D eigenvalue weighted by molar-refractivity contribution is 5.73. The van der Waals surface area contributed by atoms with Gasteiger partial charge in [-0.1, -0.05) is 13.8 Å². The zero-order valence-corrected chi connectivity index (χ0v) is 15.3. The van der Waals surface area contributed by atoms with Gasteiger partial charge in [0.2, 0.25) is 5.91 Å². The molecule has 0 spiro atoms. The first-order valence-corrected chi connectivity index (χ1v) is 9.11. The molecule has 0 bridgehead atoms. The van der Waals surface area contributed by atoms with Crippen molar-refractivity contribution < 1.29 is 9.90 Å². The molecule has 0 atom stereocenters. The number of nitrogens with zero attached hydrogens (tertiary/aromatic N) is 2. The largest absolute Gasteiger partial charge is 0.390 e. The lowest BCUT2D eigenvalue weighted by molar-refractivity contribution is -0.130. The molecule has 4 nitrogen and oxygen atoms in total. The molecule has 1 amide bonds. The van der Waals surface area contributed by atoms with Crippen LogP contribution in [0.15, 0.2) is 0 Å². The van der Waals surface area contributed by atoms with Crippen LogP contribution in [-0.4, -0.2) is 58.6 Å². The summed E-state index contributed by atoms with van der Waals surface area (Å²) in [5.74, 6) is 0.772. The van der Waals surface area contributed by atoms with E-state index in [1.54, 1.807) is 6.92 Å². The summed E-state index contributed by atoms with van der Waals surface area (Å²) in [6, 6.07) is 0.582. The van der Waals surface area contributed by atoms with Crippen LogP contribution in [0.2, 0.25) is 0 Å². The van der Waals surface area contributed by atoms with Crippen LogP contribution in [0.1, 0.15) is 66.7 Å². The van der Waals surface area contributed by atoms with Gasteiger partial charge in [0.1, 0.15) is 0 Å². The van der Waals surface area contributed by atoms with Crippen LogP contribution < -0.4 is 0 Å². The summed E-state index contributed by atoms with van der Waals surface area (Å²) in [4.78, 5) is 15.7. The van der Waals surface area contributed by atoms with Gasteiger partial charge in [-0.25, -0.2) is 0 Å². The standard InChI is InChI=1S/C16H30N2O2.C2H6/c1-13(2)17-10-6-16(20,7-11-17)12-15-4-8-18(9-5-15)14(3)19;1-2/h13,15,20H,4-12H2,1-3H3;1-2H3. The van der Waals surface area contributed by atoms with Crippen molar-refractivity contribution in [2.75, 3.05) is 26.2 Å². The minimum atomic E-state index is -0.464. The highest BCUT2D eigenvalue weighted by atomic mass is 16.3. The zero-order valence-electron chi connectivity index (χ0n) is 15.3. The fraction of sp³-hybridized carbons (Fsp3) is 0.944. The van der Waals surface area contributed by atoms with Crippen LogP contribution in [0.3, 0.4) is 0 Å². The Morgan fingerprint density at radius 2 is 1.64 bits per heavy atom. The van der Waals surface area contributed by atoms with Crippen molar-refractivity contribution in [1.82, 2.24) is 9.80 Å². The van der Waals surface area contributed by atoms with E-state index in [-0.39, 0.29) is 5.91 Å². The Balaban J connectivity index is 0.00000116. The summed E-state index contributed by atoms with van der Waals surface area (Å²) in [6.45, 7) is 13.9. The van der Waals surface area contributed by atoms with E-state index in [2.05, 4.69) is 18.7 Å². The molecule has 2 rings (SSSR count). The van der Waals surface area contributed by atoms with E-state index in [0.29, 0.717) is 12.0 Å². The van der Waals surface area contributed by atoms with Crippen LogP contribution in [0.4, 0.5) is 0 Å². The molecule has 4 heteroatoms. The maximum Gasteiger partial charge on any atom is 0.219 e. The Bertz CT molecular complexity index is 328. The molecule has 130 valence electrons. The van der Waals surface area contributed by atoms with E-state index in [4.69, 9.17) is 0 Å². The van der Waals surface area contributed by atoms with Crippen LogP contribution >= 0.6 is 0 Å². The molecule has 0 saturated carbocycles. The molecular formula is C18H36N2O2. The van der Waals surface area contributed by atoms with Crippen molar-refractivity contribution in [3.8, 4) is 0 Å². The van der Waals surface area contributed by atoms with Crippen LogP contribution in [0.25, 0.3) is 0 Å². The van der Waals surface area contributed by atoms with E-state index in [0.717, 1.165) is 58.3 Å². The lowest BCUT2D eigenvalue weighted by atomic mass is 9.79. The second-order valence-electron chi connectivity index (χ2n) is 7.01. The second-order valence-corrected chi connectivity index (χ2v) is 7.01. The Kier molecular flexibility index (Phi) is 7.84. The van der Waals surface area contributed by atoms with E-state index < -0.39 is 5.60 Å². The van der Waals surface area contributed by atoms with Gasteiger partial charge in [0.25, 0.3) is 0 Å². The summed E-state index contributed by atoms with van der Waals surface area (Å²) < 4.78 is 0. The molecular weight excluding hydrogens is 276 g/mol. The second kappa shape index (κ2) is 8.88. The lowest BCUT2D eigenvalue weighted by Gasteiger charge is -2.42. The zero-order chi connectivity index (χ0) is 16.8. The van der Waals surface area contributed by atoms with E-state index in [9.17, 15) is 9.90 Å². The first-order chi connectivity index (χ1) is 10.4. The number of piperidine rings is 2. The fourth-order valence-corrected chi connectivity index (χ4v) is 3.65. The number of aliphatic hydroxyl groups is 1. The lowest BCUT2D eigenvalue weighted by Crippen LogP contribution is -2.48. The van der Waals surface area contributed by atoms with Crippen molar-refractivity contribution in [2.45, 2.75) is 78.4 Å². The molecule has 0 aromatic heterocycles. The summed E-state index contributed by atoms with van der Waals surface area (Å²) in [5.41, 5.74) is -0.464. The number of carbonyl (C=O) groups excluding carboxylic acids is 1. The minimum absolute atomic E-state index is 0.187. The van der Waals surface area contributed by atoms with Gasteiger partial charge >= 0.3 is 0 Å². The van der Waals surface area contributed by atoms with Gasteiger partial charge in [0.15, 0.2) is 0 Å². The molecule has 0 aliphatic carbocycles. The Hall–Kier alpha value is -0.610. The third-order valence-electron chi connectivity index (χ3n) is 5.19. The summed E-state index contributed by atoms with van der Waals surface area (Å²) >= 11 is 0. The van der Waals surface area contributed by atoms with Crippen LogP contribution in [-0.2, 0) is 4.79 Å². The number of carbonyl (C=O) groups is 1. The monoisotopic (exact) mass is 312 g/mol. The topological polar surface area (TPSA) is 43.8 Å². The third kappa shape index (κ3) is 5.54. The molecule has 1 N–H and O–H groups in total. The first-order valence-electron chi connectivity index (χ1n) is 9.11. The first kappa shape index (κ1) is 19.4. The van der Waals surface area contributed by atoms with Crippen molar-refractivity contribution in [3.63, 3.8) is 0 Å². The summed E-state index contributed by atoms with van der Waals surface area (Å²) in [6.07, 6.45) is 4.83. The molecule has 2 aliphatic heterocycles. The number of rotatable bonds is 3. The molecule has 2 saturated heterocycles. The number of amides is 1. The smallest absolute Gasteiger partial charge is 0.219 e. The number of hydrogen-bond donors (Lipinski definition) is 1. The van der Waals surface area contributed by atoms with Gasteiger partial charge in [0.05, 0.1) is 5.60 Å². The van der Waals surface area contributed by atoms with Crippen molar-refractivity contribution in [1.29, 1.82) is 0 Å². The van der Waals surface area contributed by atoms with Crippen LogP contribution in [0, 0.1) is 5.92 Å². The van der Waals surface area contributed by atoms with Crippen molar-refractivity contribution in [2.24, 2.45) is 5.92 Å². The van der Waals surface area contributed by atoms with Gasteiger partial charge in [0, 0.05) is 39.1 Å². The van der Waals surface area contributed by atoms with Gasteiger partial charge in [-0.15, -0.1) is 0 Å². The Morgan fingerprint density at radius 1 is 1.14 bits per heavy atom. The molecule has 0 aromatic rings. The highest BCUT2D eigenvalue weighted by Gasteiger charge is 2.36. The number of likely N-dealkylation sites (tertiary alicyclic amines) is 2. The summed E-state index contributed by atoms with van der Waals surface area (Å²) in [7, 11) is 0. The van der Waals surface area contributed by atoms with Gasteiger partial charge < -0.3 is 14.9 Å². The Morgan fingerprint density at radius 3 is 2.05 bits per heavy atom. The Labute approximate surface area is 136 Å². The highest BCUT2D eigenvalue weighted by Crippen LogP contribution is 2.33. The van der Waals surface area contributed by atoms with E-state index in [1.165, 1.54) is 0 Å². The predicted octanol–water partition coefficient (Wildman–Crippen LogP) is 2.90. The fourth-order valence-electron chi connectivity index (χ4n) is 3.65. The van der Waals surface area contributed by atoms with Gasteiger partial charge in [-0.2, -0.15) is 0 Å². The molecule has 0 radical (unpaired) electrons. The van der Waals surface area contributed by atoms with Gasteiger partial charge in [-0.3, -0.25) is 4.79 Å². The molecule has 0 unspecified atom stereocenters. The average molecular weight is 312 g/mol. The van der Waals surface area contributed by atoms with Crippen molar-refractivity contribution in [3.05, 3.63) is 0 Å². The predicted molar refractivity (Wildman–Crippen MR) is 91.8 cm³/mol. The molecule has 2 heterocycles. The molecule has 2 fully saturated rings. The normalized spacial score (nSPS) is 23.1. The molecule has 22 heavy (non-hydrogen) atoms. The maximum absolute atomic E-state index is 11.3. The summed E-state index contributed by atoms with van der Waals surface area (Å²) in [5, 5.41) is 10.8. The SMILES string of the molecule is CC.CC(=O)N1CCC(CC2(O)CCN(C(C)C)CC2)CC1. The average Bonchev–Trinajstić information content (AvgIpc) is 2.50.